The molecule has 0 fully saturated rings. The summed E-state index contributed by atoms with van der Waals surface area (Å²) in [5, 5.41) is 10.4. The van der Waals surface area contributed by atoms with Crippen LogP contribution in [0.25, 0.3) is 0 Å². The molecule has 2 rings (SSSR count). The van der Waals surface area contributed by atoms with E-state index in [0.717, 1.165) is 21.8 Å². The van der Waals surface area contributed by atoms with Gasteiger partial charge in [0.25, 0.3) is 0 Å². The zero-order chi connectivity index (χ0) is 13.0. The molecule has 0 aliphatic rings. The first-order valence-electron chi connectivity index (χ1n) is 5.45. The minimum Gasteiger partial charge on any atom is -0.392 e. The Morgan fingerprint density at radius 1 is 1.06 bits per heavy atom. The topological polar surface area (TPSA) is 20.2 Å². The van der Waals surface area contributed by atoms with Gasteiger partial charge in [0.2, 0.25) is 0 Å². The first-order chi connectivity index (χ1) is 8.69. The van der Waals surface area contributed by atoms with E-state index < -0.39 is 0 Å². The van der Waals surface area contributed by atoms with Gasteiger partial charge in [-0.25, -0.2) is 0 Å². The molecule has 0 radical (unpaired) electrons. The molecular formula is C14H12Cl2OS. The average molecular weight is 299 g/mol. The highest BCUT2D eigenvalue weighted by molar-refractivity contribution is 7.98. The molecule has 0 atom stereocenters. The van der Waals surface area contributed by atoms with Gasteiger partial charge < -0.3 is 5.11 Å². The molecule has 0 saturated carbocycles. The molecule has 4 heteroatoms. The molecule has 18 heavy (non-hydrogen) atoms. The molecule has 0 heterocycles. The fraction of sp³-hybridized carbons (Fsp3) is 0.143. The van der Waals surface area contributed by atoms with Crippen LogP contribution in [-0.4, -0.2) is 5.11 Å². The van der Waals surface area contributed by atoms with Crippen LogP contribution in [0.15, 0.2) is 47.4 Å². The SMILES string of the molecule is OCc1cccc(SCc2ccc(Cl)cc2Cl)c1. The van der Waals surface area contributed by atoms with Gasteiger partial charge in [-0.1, -0.05) is 41.4 Å². The summed E-state index contributed by atoms with van der Waals surface area (Å²) in [6.07, 6.45) is 0. The fourth-order valence-electron chi connectivity index (χ4n) is 1.53. The molecule has 0 amide bonds. The summed E-state index contributed by atoms with van der Waals surface area (Å²) in [4.78, 5) is 1.12. The molecule has 1 nitrogen and oxygen atoms in total. The Morgan fingerprint density at radius 2 is 1.89 bits per heavy atom. The third kappa shape index (κ3) is 3.66. The van der Waals surface area contributed by atoms with Gasteiger partial charge in [0.15, 0.2) is 0 Å². The third-order valence-corrected chi connectivity index (χ3v) is 4.12. The van der Waals surface area contributed by atoms with E-state index >= 15 is 0 Å². The molecule has 0 aliphatic carbocycles. The summed E-state index contributed by atoms with van der Waals surface area (Å²) in [5.74, 6) is 0.783. The summed E-state index contributed by atoms with van der Waals surface area (Å²) >= 11 is 13.7. The van der Waals surface area contributed by atoms with Crippen molar-refractivity contribution in [1.82, 2.24) is 0 Å². The van der Waals surface area contributed by atoms with Gasteiger partial charge in [0, 0.05) is 20.7 Å². The summed E-state index contributed by atoms with van der Waals surface area (Å²) in [5.41, 5.74) is 1.97. The summed E-state index contributed by atoms with van der Waals surface area (Å²) in [7, 11) is 0. The number of aliphatic hydroxyl groups excluding tert-OH is 1. The van der Waals surface area contributed by atoms with Crippen LogP contribution in [0.5, 0.6) is 0 Å². The minimum atomic E-state index is 0.0656. The Kier molecular flexibility index (Phi) is 4.95. The Labute approximate surface area is 121 Å². The smallest absolute Gasteiger partial charge is 0.0682 e. The van der Waals surface area contributed by atoms with Gasteiger partial charge in [0.05, 0.1) is 6.61 Å². The maximum atomic E-state index is 9.08. The van der Waals surface area contributed by atoms with Crippen molar-refractivity contribution in [3.8, 4) is 0 Å². The summed E-state index contributed by atoms with van der Waals surface area (Å²) < 4.78 is 0. The normalized spacial score (nSPS) is 10.6. The van der Waals surface area contributed by atoms with E-state index in [1.54, 1.807) is 17.8 Å². The van der Waals surface area contributed by atoms with Crippen LogP contribution in [0, 0.1) is 0 Å². The van der Waals surface area contributed by atoms with Crippen LogP contribution in [0.1, 0.15) is 11.1 Å². The van der Waals surface area contributed by atoms with Crippen LogP contribution < -0.4 is 0 Å². The second-order valence-corrected chi connectivity index (χ2v) is 5.72. The quantitative estimate of drug-likeness (QED) is 0.820. The third-order valence-electron chi connectivity index (χ3n) is 2.49. The van der Waals surface area contributed by atoms with E-state index in [4.69, 9.17) is 28.3 Å². The number of thioether (sulfide) groups is 1. The number of aliphatic hydroxyl groups is 1. The van der Waals surface area contributed by atoms with Crippen LogP contribution in [-0.2, 0) is 12.4 Å². The maximum Gasteiger partial charge on any atom is 0.0682 e. The molecule has 0 spiro atoms. The van der Waals surface area contributed by atoms with Crippen molar-refractivity contribution < 1.29 is 5.11 Å². The number of benzene rings is 2. The monoisotopic (exact) mass is 298 g/mol. The summed E-state index contributed by atoms with van der Waals surface area (Å²) in [6.45, 7) is 0.0656. The number of hydrogen-bond acceptors (Lipinski definition) is 2. The van der Waals surface area contributed by atoms with Crippen LogP contribution in [0.2, 0.25) is 10.0 Å². The first kappa shape index (κ1) is 13.8. The summed E-state index contributed by atoms with van der Waals surface area (Å²) in [6, 6.07) is 13.4. The molecule has 0 aliphatic heterocycles. The van der Waals surface area contributed by atoms with Crippen LogP contribution >= 0.6 is 35.0 Å². The maximum absolute atomic E-state index is 9.08. The van der Waals surface area contributed by atoms with E-state index in [1.807, 2.05) is 36.4 Å². The molecule has 94 valence electrons. The Hall–Kier alpha value is -0.670. The Bertz CT molecular complexity index is 543. The number of hydrogen-bond donors (Lipinski definition) is 1. The zero-order valence-electron chi connectivity index (χ0n) is 9.57. The Morgan fingerprint density at radius 3 is 2.61 bits per heavy atom. The lowest BCUT2D eigenvalue weighted by Gasteiger charge is -2.06. The van der Waals surface area contributed by atoms with Crippen molar-refractivity contribution in [3.63, 3.8) is 0 Å². The van der Waals surface area contributed by atoms with E-state index in [1.165, 1.54) is 0 Å². The molecular weight excluding hydrogens is 287 g/mol. The largest absolute Gasteiger partial charge is 0.392 e. The van der Waals surface area contributed by atoms with Gasteiger partial charge >= 0.3 is 0 Å². The lowest BCUT2D eigenvalue weighted by Crippen LogP contribution is -1.85. The molecule has 0 saturated heterocycles. The predicted molar refractivity (Wildman–Crippen MR) is 78.4 cm³/mol. The number of rotatable bonds is 4. The lowest BCUT2D eigenvalue weighted by atomic mass is 10.2. The molecule has 2 aromatic rings. The van der Waals surface area contributed by atoms with E-state index in [-0.39, 0.29) is 6.61 Å². The second-order valence-electron chi connectivity index (χ2n) is 3.83. The van der Waals surface area contributed by atoms with Gasteiger partial charge in [0.1, 0.15) is 0 Å². The molecule has 1 N–H and O–H groups in total. The van der Waals surface area contributed by atoms with Gasteiger partial charge in [-0.3, -0.25) is 0 Å². The van der Waals surface area contributed by atoms with E-state index in [0.29, 0.717) is 10.0 Å². The Balaban J connectivity index is 2.06. The lowest BCUT2D eigenvalue weighted by molar-refractivity contribution is 0.281. The van der Waals surface area contributed by atoms with Crippen molar-refractivity contribution >= 4 is 35.0 Å². The van der Waals surface area contributed by atoms with Crippen LogP contribution in [0.3, 0.4) is 0 Å². The van der Waals surface area contributed by atoms with Crippen molar-refractivity contribution in [3.05, 3.63) is 63.6 Å². The predicted octanol–water partition coefficient (Wildman–Crippen LogP) is 4.78. The van der Waals surface area contributed by atoms with Crippen molar-refractivity contribution in [2.75, 3.05) is 0 Å². The van der Waals surface area contributed by atoms with Gasteiger partial charge in [-0.05, 0) is 35.4 Å². The highest BCUT2D eigenvalue weighted by atomic mass is 35.5. The molecule has 0 aromatic heterocycles. The standard InChI is InChI=1S/C14H12Cl2OS/c15-12-5-4-11(14(16)7-12)9-18-13-3-1-2-10(6-13)8-17/h1-7,17H,8-9H2. The minimum absolute atomic E-state index is 0.0656. The number of halogens is 2. The van der Waals surface area contributed by atoms with Crippen LogP contribution in [0.4, 0.5) is 0 Å². The van der Waals surface area contributed by atoms with Crippen molar-refractivity contribution in [2.24, 2.45) is 0 Å². The highest BCUT2D eigenvalue weighted by Crippen LogP contribution is 2.28. The van der Waals surface area contributed by atoms with Crippen molar-refractivity contribution in [1.29, 1.82) is 0 Å². The second kappa shape index (κ2) is 6.48. The zero-order valence-corrected chi connectivity index (χ0v) is 11.9. The molecule has 0 bridgehead atoms. The van der Waals surface area contributed by atoms with Crippen molar-refractivity contribution in [2.45, 2.75) is 17.3 Å². The fourth-order valence-corrected chi connectivity index (χ4v) is 3.07. The highest BCUT2D eigenvalue weighted by Gasteiger charge is 2.03. The molecule has 2 aromatic carbocycles. The first-order valence-corrected chi connectivity index (χ1v) is 7.20. The molecule has 0 unspecified atom stereocenters. The average Bonchev–Trinajstić information content (AvgIpc) is 2.38. The van der Waals surface area contributed by atoms with E-state index in [9.17, 15) is 0 Å². The van der Waals surface area contributed by atoms with Gasteiger partial charge in [-0.2, -0.15) is 0 Å². The van der Waals surface area contributed by atoms with Gasteiger partial charge in [-0.15, -0.1) is 11.8 Å². The van der Waals surface area contributed by atoms with E-state index in [2.05, 4.69) is 0 Å².